The van der Waals surface area contributed by atoms with E-state index in [1.165, 1.54) is 7.11 Å². The van der Waals surface area contributed by atoms with Gasteiger partial charge in [0.25, 0.3) is 0 Å². The van der Waals surface area contributed by atoms with Crippen molar-refractivity contribution >= 4 is 12.0 Å². The Labute approximate surface area is 89.3 Å². The highest BCUT2D eigenvalue weighted by Gasteiger charge is 2.01. The second-order valence-corrected chi connectivity index (χ2v) is 3.04. The van der Waals surface area contributed by atoms with Gasteiger partial charge < -0.3 is 9.47 Å². The molecule has 15 heavy (non-hydrogen) atoms. The van der Waals surface area contributed by atoms with E-state index in [-0.39, 0.29) is 19.2 Å². The van der Waals surface area contributed by atoms with Crippen LogP contribution in [-0.2, 0) is 20.9 Å². The first-order valence-corrected chi connectivity index (χ1v) is 4.62. The van der Waals surface area contributed by atoms with Crippen LogP contribution in [0.25, 0.3) is 6.08 Å². The van der Waals surface area contributed by atoms with E-state index in [1.807, 2.05) is 24.3 Å². The smallest absolute Gasteiger partial charge is 0.332 e. The lowest BCUT2D eigenvalue weighted by atomic mass is 10.1. The molecule has 0 saturated heterocycles. The second kappa shape index (κ2) is 5.98. The highest BCUT2D eigenvalue weighted by Crippen LogP contribution is 2.06. The third kappa shape index (κ3) is 3.95. The van der Waals surface area contributed by atoms with E-state index < -0.39 is 0 Å². The van der Waals surface area contributed by atoms with Crippen molar-refractivity contribution in [1.82, 2.24) is 0 Å². The van der Waals surface area contributed by atoms with Crippen LogP contribution in [0.4, 0.5) is 0 Å². The molecule has 1 rings (SSSR count). The van der Waals surface area contributed by atoms with Gasteiger partial charge in [0, 0.05) is 7.11 Å². The molecule has 0 amide bonds. The number of carbonyl (C=O) groups excluding carboxylic acids is 1. The van der Waals surface area contributed by atoms with Gasteiger partial charge in [0.1, 0.15) is 13.2 Å². The van der Waals surface area contributed by atoms with Crippen molar-refractivity contribution in [2.24, 2.45) is 0 Å². The van der Waals surface area contributed by atoms with E-state index in [0.717, 1.165) is 11.1 Å². The molecule has 0 N–H and O–H groups in total. The Hall–Kier alpha value is -1.61. The average molecular weight is 206 g/mol. The Bertz CT molecular complexity index is 327. The maximum absolute atomic E-state index is 11.0. The molecule has 0 aliphatic heterocycles. The Morgan fingerprint density at radius 2 is 2.07 bits per heavy atom. The van der Waals surface area contributed by atoms with Crippen LogP contribution in [0.2, 0.25) is 0 Å². The Morgan fingerprint density at radius 3 is 2.60 bits per heavy atom. The van der Waals surface area contributed by atoms with Gasteiger partial charge in [0.05, 0.1) is 0 Å². The zero-order chi connectivity index (χ0) is 11.1. The number of carbonyl (C=O) groups is 1. The van der Waals surface area contributed by atoms with Crippen LogP contribution in [0.5, 0.6) is 0 Å². The molecule has 0 heterocycles. The normalized spacial score (nSPS) is 9.67. The predicted molar refractivity (Wildman–Crippen MR) is 58.2 cm³/mol. The highest BCUT2D eigenvalue weighted by atomic mass is 16.6. The van der Waals surface area contributed by atoms with Crippen LogP contribution in [0.3, 0.4) is 0 Å². The van der Waals surface area contributed by atoms with Crippen LogP contribution >= 0.6 is 0 Å². The molecule has 3 nitrogen and oxygen atoms in total. The van der Waals surface area contributed by atoms with Crippen molar-refractivity contribution in [3.8, 4) is 0 Å². The number of esters is 1. The van der Waals surface area contributed by atoms with Gasteiger partial charge in [-0.1, -0.05) is 36.9 Å². The van der Waals surface area contributed by atoms with Crippen molar-refractivity contribution < 1.29 is 14.3 Å². The minimum atomic E-state index is -0.356. The number of rotatable bonds is 5. The summed E-state index contributed by atoms with van der Waals surface area (Å²) in [5.41, 5.74) is 1.99. The SMILES string of the molecule is C=Cc1ccc(COC(=O)COC)cc1. The maximum Gasteiger partial charge on any atom is 0.332 e. The number of hydrogen-bond acceptors (Lipinski definition) is 3. The fraction of sp³-hybridized carbons (Fsp3) is 0.250. The molecule has 0 unspecified atom stereocenters. The van der Waals surface area contributed by atoms with Crippen LogP contribution < -0.4 is 0 Å². The lowest BCUT2D eigenvalue weighted by Gasteiger charge is -2.04. The number of benzene rings is 1. The molecule has 0 bridgehead atoms. The predicted octanol–water partition coefficient (Wildman–Crippen LogP) is 2.02. The summed E-state index contributed by atoms with van der Waals surface area (Å²) in [5, 5.41) is 0. The minimum Gasteiger partial charge on any atom is -0.459 e. The highest BCUT2D eigenvalue weighted by molar-refractivity contribution is 5.70. The van der Waals surface area contributed by atoms with Gasteiger partial charge in [-0.25, -0.2) is 4.79 Å². The van der Waals surface area contributed by atoms with Gasteiger partial charge in [-0.15, -0.1) is 0 Å². The maximum atomic E-state index is 11.0. The fourth-order valence-corrected chi connectivity index (χ4v) is 1.07. The molecule has 0 saturated carbocycles. The molecule has 0 atom stereocenters. The summed E-state index contributed by atoms with van der Waals surface area (Å²) in [7, 11) is 1.46. The summed E-state index contributed by atoms with van der Waals surface area (Å²) in [4.78, 5) is 11.0. The molecular formula is C12H14O3. The summed E-state index contributed by atoms with van der Waals surface area (Å²) in [5.74, 6) is -0.356. The molecule has 3 heteroatoms. The summed E-state index contributed by atoms with van der Waals surface area (Å²) in [6, 6.07) is 7.65. The molecule has 80 valence electrons. The van der Waals surface area contributed by atoms with Crippen LogP contribution in [0.1, 0.15) is 11.1 Å². The Morgan fingerprint density at radius 1 is 1.40 bits per heavy atom. The van der Waals surface area contributed by atoms with E-state index in [0.29, 0.717) is 0 Å². The van der Waals surface area contributed by atoms with E-state index in [1.54, 1.807) is 6.08 Å². The van der Waals surface area contributed by atoms with Gasteiger partial charge in [-0.05, 0) is 11.1 Å². The Kier molecular flexibility index (Phi) is 4.57. The van der Waals surface area contributed by atoms with E-state index in [4.69, 9.17) is 4.74 Å². The molecule has 0 aliphatic carbocycles. The Balaban J connectivity index is 2.44. The van der Waals surface area contributed by atoms with Crippen molar-refractivity contribution in [1.29, 1.82) is 0 Å². The van der Waals surface area contributed by atoms with Gasteiger partial charge in [0.2, 0.25) is 0 Å². The van der Waals surface area contributed by atoms with Gasteiger partial charge in [-0.2, -0.15) is 0 Å². The number of ether oxygens (including phenoxy) is 2. The molecule has 0 fully saturated rings. The molecule has 0 aromatic heterocycles. The minimum absolute atomic E-state index is 0.00919. The second-order valence-electron chi connectivity index (χ2n) is 3.04. The fourth-order valence-electron chi connectivity index (χ4n) is 1.07. The number of hydrogen-bond donors (Lipinski definition) is 0. The zero-order valence-corrected chi connectivity index (χ0v) is 8.73. The molecule has 1 aromatic rings. The third-order valence-electron chi connectivity index (χ3n) is 1.88. The van der Waals surface area contributed by atoms with E-state index >= 15 is 0 Å². The summed E-state index contributed by atoms with van der Waals surface area (Å²) >= 11 is 0. The topological polar surface area (TPSA) is 35.5 Å². The standard InChI is InChI=1S/C12H14O3/c1-3-10-4-6-11(7-5-10)8-15-12(13)9-14-2/h3-7H,1,8-9H2,2H3. The quantitative estimate of drug-likeness (QED) is 0.691. The van der Waals surface area contributed by atoms with E-state index in [9.17, 15) is 4.79 Å². The van der Waals surface area contributed by atoms with Crippen LogP contribution in [0, 0.1) is 0 Å². The largest absolute Gasteiger partial charge is 0.459 e. The monoisotopic (exact) mass is 206 g/mol. The van der Waals surface area contributed by atoms with E-state index in [2.05, 4.69) is 11.3 Å². The third-order valence-corrected chi connectivity index (χ3v) is 1.88. The lowest BCUT2D eigenvalue weighted by Crippen LogP contribution is -2.10. The van der Waals surface area contributed by atoms with Gasteiger partial charge in [-0.3, -0.25) is 0 Å². The van der Waals surface area contributed by atoms with Crippen LogP contribution in [0.15, 0.2) is 30.8 Å². The molecule has 1 aromatic carbocycles. The van der Waals surface area contributed by atoms with Crippen molar-refractivity contribution in [2.75, 3.05) is 13.7 Å². The first-order valence-electron chi connectivity index (χ1n) is 4.62. The summed E-state index contributed by atoms with van der Waals surface area (Å²) in [6.45, 7) is 3.93. The molecule has 0 aliphatic rings. The first kappa shape index (κ1) is 11.5. The zero-order valence-electron chi connectivity index (χ0n) is 8.73. The summed E-state index contributed by atoms with van der Waals surface area (Å²) < 4.78 is 9.59. The molecular weight excluding hydrogens is 192 g/mol. The molecule has 0 radical (unpaired) electrons. The lowest BCUT2D eigenvalue weighted by molar-refractivity contribution is -0.149. The van der Waals surface area contributed by atoms with Gasteiger partial charge in [0.15, 0.2) is 0 Å². The van der Waals surface area contributed by atoms with Gasteiger partial charge >= 0.3 is 5.97 Å². The van der Waals surface area contributed by atoms with Crippen molar-refractivity contribution in [2.45, 2.75) is 6.61 Å². The van der Waals surface area contributed by atoms with Crippen molar-refractivity contribution in [3.05, 3.63) is 42.0 Å². The van der Waals surface area contributed by atoms with Crippen molar-refractivity contribution in [3.63, 3.8) is 0 Å². The van der Waals surface area contributed by atoms with Crippen LogP contribution in [-0.4, -0.2) is 19.7 Å². The molecule has 0 spiro atoms. The average Bonchev–Trinajstić information content (AvgIpc) is 2.27. The summed E-state index contributed by atoms with van der Waals surface area (Å²) in [6.07, 6.45) is 1.76. The first-order chi connectivity index (χ1) is 7.26. The number of methoxy groups -OCH3 is 1.